The Hall–Kier alpha value is -3.99. The first-order chi connectivity index (χ1) is 18.7. The monoisotopic (exact) mass is 552 g/mol. The number of aromatic nitrogens is 3. The summed E-state index contributed by atoms with van der Waals surface area (Å²) in [6.07, 6.45) is 0.940. The van der Waals surface area contributed by atoms with Crippen molar-refractivity contribution in [3.63, 3.8) is 0 Å². The number of hydrogen-bond donors (Lipinski definition) is 1. The molecule has 0 saturated carbocycles. The summed E-state index contributed by atoms with van der Waals surface area (Å²) in [6.45, 7) is 2.09. The molecule has 3 heterocycles. The van der Waals surface area contributed by atoms with Gasteiger partial charge in [0.2, 0.25) is 0 Å². The van der Waals surface area contributed by atoms with E-state index in [1.165, 1.54) is 6.07 Å². The molecule has 1 fully saturated rings. The summed E-state index contributed by atoms with van der Waals surface area (Å²) in [6, 6.07) is 12.9. The third-order valence-electron chi connectivity index (χ3n) is 6.93. The van der Waals surface area contributed by atoms with Gasteiger partial charge in [0.25, 0.3) is 5.91 Å². The lowest BCUT2D eigenvalue weighted by atomic mass is 10.0. The van der Waals surface area contributed by atoms with E-state index >= 15 is 0 Å². The Kier molecular flexibility index (Phi) is 7.26. The highest BCUT2D eigenvalue weighted by Crippen LogP contribution is 2.33. The van der Waals surface area contributed by atoms with Gasteiger partial charge in [-0.2, -0.15) is 5.10 Å². The Morgan fingerprint density at radius 1 is 1.13 bits per heavy atom. The number of nitrogens with zero attached hydrogens (tertiary/aromatic N) is 3. The number of amides is 1. The van der Waals surface area contributed by atoms with Crippen molar-refractivity contribution in [2.45, 2.75) is 25.8 Å². The summed E-state index contributed by atoms with van der Waals surface area (Å²) in [4.78, 5) is 18.2. The van der Waals surface area contributed by atoms with Crippen molar-refractivity contribution in [1.29, 1.82) is 0 Å². The summed E-state index contributed by atoms with van der Waals surface area (Å²) >= 11 is 0. The van der Waals surface area contributed by atoms with Gasteiger partial charge in [0.15, 0.2) is 27.0 Å². The third kappa shape index (κ3) is 5.31. The molecule has 1 amide bonds. The maximum absolute atomic E-state index is 14.8. The van der Waals surface area contributed by atoms with E-state index in [4.69, 9.17) is 9.47 Å². The number of fused-ring (bicyclic) bond motifs is 1. The van der Waals surface area contributed by atoms with E-state index < -0.39 is 21.7 Å². The molecule has 11 heteroatoms. The van der Waals surface area contributed by atoms with Gasteiger partial charge in [0.05, 0.1) is 54.1 Å². The molecule has 0 spiro atoms. The van der Waals surface area contributed by atoms with Gasteiger partial charge in [0.1, 0.15) is 5.82 Å². The maximum atomic E-state index is 14.8. The van der Waals surface area contributed by atoms with E-state index in [9.17, 15) is 17.6 Å². The first-order valence-corrected chi connectivity index (χ1v) is 14.4. The van der Waals surface area contributed by atoms with Crippen LogP contribution in [0.4, 0.5) is 4.39 Å². The van der Waals surface area contributed by atoms with Gasteiger partial charge in [0, 0.05) is 12.1 Å². The average molecular weight is 553 g/mol. The fourth-order valence-electron chi connectivity index (χ4n) is 4.97. The average Bonchev–Trinajstić information content (AvgIpc) is 3.46. The lowest BCUT2D eigenvalue weighted by Crippen LogP contribution is -2.26. The number of hydrogen-bond acceptors (Lipinski definition) is 7. The number of sulfone groups is 1. The van der Waals surface area contributed by atoms with E-state index in [2.05, 4.69) is 15.4 Å². The number of aryl methyl sites for hydroxylation is 1. The minimum Gasteiger partial charge on any atom is -0.493 e. The van der Waals surface area contributed by atoms with E-state index in [1.54, 1.807) is 50.1 Å². The second-order valence-corrected chi connectivity index (χ2v) is 11.7. The molecule has 9 nitrogen and oxygen atoms in total. The van der Waals surface area contributed by atoms with Crippen LogP contribution >= 0.6 is 0 Å². The Morgan fingerprint density at radius 2 is 1.90 bits per heavy atom. The summed E-state index contributed by atoms with van der Waals surface area (Å²) < 4.78 is 51.4. The Balaban J connectivity index is 1.50. The summed E-state index contributed by atoms with van der Waals surface area (Å²) in [7, 11) is -0.0589. The number of rotatable bonds is 8. The van der Waals surface area contributed by atoms with Crippen LogP contribution in [-0.2, 0) is 16.3 Å². The molecule has 204 valence electrons. The van der Waals surface area contributed by atoms with Crippen molar-refractivity contribution in [3.05, 3.63) is 71.2 Å². The van der Waals surface area contributed by atoms with E-state index in [0.29, 0.717) is 53.2 Å². The molecule has 1 N–H and O–H groups in total. The lowest BCUT2D eigenvalue weighted by Gasteiger charge is -2.13. The molecular formula is C28H29FN4O5S. The highest BCUT2D eigenvalue weighted by Gasteiger charge is 2.32. The summed E-state index contributed by atoms with van der Waals surface area (Å²) in [5.41, 5.74) is 2.67. The highest BCUT2D eigenvalue weighted by molar-refractivity contribution is 7.91. The second kappa shape index (κ2) is 10.6. The van der Waals surface area contributed by atoms with Crippen LogP contribution in [0.5, 0.6) is 11.5 Å². The van der Waals surface area contributed by atoms with Gasteiger partial charge >= 0.3 is 0 Å². The van der Waals surface area contributed by atoms with Crippen LogP contribution < -0.4 is 14.8 Å². The first-order valence-electron chi connectivity index (χ1n) is 12.5. The van der Waals surface area contributed by atoms with Crippen LogP contribution in [0.1, 0.15) is 34.1 Å². The minimum atomic E-state index is -3.19. The summed E-state index contributed by atoms with van der Waals surface area (Å²) in [5.74, 6) is 0.393. The van der Waals surface area contributed by atoms with Crippen molar-refractivity contribution in [2.75, 3.05) is 32.3 Å². The molecule has 1 saturated heterocycles. The predicted octanol–water partition coefficient (Wildman–Crippen LogP) is 3.90. The number of nitrogens with one attached hydrogen (secondary N) is 1. The third-order valence-corrected chi connectivity index (χ3v) is 8.68. The van der Waals surface area contributed by atoms with E-state index in [-0.39, 0.29) is 28.7 Å². The van der Waals surface area contributed by atoms with Crippen LogP contribution in [-0.4, -0.2) is 61.4 Å². The Bertz CT molecular complexity index is 1670. The number of pyridine rings is 1. The summed E-state index contributed by atoms with van der Waals surface area (Å²) in [5, 5.41) is 8.06. The van der Waals surface area contributed by atoms with Gasteiger partial charge in [-0.15, -0.1) is 0 Å². The topological polar surface area (TPSA) is 112 Å². The van der Waals surface area contributed by atoms with Crippen LogP contribution in [0.3, 0.4) is 0 Å². The number of carbonyl (C=O) groups excluding carboxylic acids is 1. The Morgan fingerprint density at radius 3 is 2.59 bits per heavy atom. The molecule has 1 unspecified atom stereocenters. The molecule has 1 atom stereocenters. The zero-order valence-electron chi connectivity index (χ0n) is 21.9. The van der Waals surface area contributed by atoms with Gasteiger partial charge in [-0.1, -0.05) is 18.2 Å². The molecule has 5 rings (SSSR count). The molecule has 2 aromatic heterocycles. The lowest BCUT2D eigenvalue weighted by molar-refractivity contribution is 0.0955. The molecule has 0 bridgehead atoms. The molecule has 2 aromatic carbocycles. The number of benzene rings is 2. The van der Waals surface area contributed by atoms with Crippen LogP contribution in [0.25, 0.3) is 22.3 Å². The SMILES string of the molecule is COc1ccc(CCNC(=O)c2cc(-c3ccccc3F)nc3c2c(C)nn3C2CCS(=O)(=O)C2)cc1OC. The van der Waals surface area contributed by atoms with Crippen LogP contribution in [0, 0.1) is 12.7 Å². The number of carbonyl (C=O) groups is 1. The number of ether oxygens (including phenoxy) is 2. The molecule has 1 aliphatic rings. The molecular weight excluding hydrogens is 523 g/mol. The van der Waals surface area contributed by atoms with Crippen molar-refractivity contribution in [2.24, 2.45) is 0 Å². The van der Waals surface area contributed by atoms with E-state index in [0.717, 1.165) is 5.56 Å². The zero-order chi connectivity index (χ0) is 27.7. The van der Waals surface area contributed by atoms with Gasteiger partial charge in [-0.3, -0.25) is 4.79 Å². The second-order valence-electron chi connectivity index (χ2n) is 9.52. The number of halogens is 1. The largest absolute Gasteiger partial charge is 0.493 e. The maximum Gasteiger partial charge on any atom is 0.252 e. The minimum absolute atomic E-state index is 0.0539. The number of methoxy groups -OCH3 is 2. The predicted molar refractivity (Wildman–Crippen MR) is 146 cm³/mol. The molecule has 0 aliphatic carbocycles. The van der Waals surface area contributed by atoms with Crippen molar-refractivity contribution >= 4 is 26.8 Å². The van der Waals surface area contributed by atoms with Crippen molar-refractivity contribution in [3.8, 4) is 22.8 Å². The fraction of sp³-hybridized carbons (Fsp3) is 0.321. The zero-order valence-corrected chi connectivity index (χ0v) is 22.7. The van der Waals surface area contributed by atoms with Gasteiger partial charge < -0.3 is 14.8 Å². The van der Waals surface area contributed by atoms with Crippen LogP contribution in [0.2, 0.25) is 0 Å². The van der Waals surface area contributed by atoms with Gasteiger partial charge in [-0.05, 0) is 55.7 Å². The molecule has 1 aliphatic heterocycles. The molecule has 0 radical (unpaired) electrons. The normalized spacial score (nSPS) is 16.4. The van der Waals surface area contributed by atoms with E-state index in [1.807, 2.05) is 18.2 Å². The van der Waals surface area contributed by atoms with Crippen LogP contribution in [0.15, 0.2) is 48.5 Å². The van der Waals surface area contributed by atoms with Crippen molar-refractivity contribution in [1.82, 2.24) is 20.1 Å². The fourth-order valence-corrected chi connectivity index (χ4v) is 6.67. The van der Waals surface area contributed by atoms with Crippen molar-refractivity contribution < 1.29 is 27.1 Å². The quantitative estimate of drug-likeness (QED) is 0.353. The smallest absolute Gasteiger partial charge is 0.252 e. The van der Waals surface area contributed by atoms with Gasteiger partial charge in [-0.25, -0.2) is 22.5 Å². The highest BCUT2D eigenvalue weighted by atomic mass is 32.2. The molecule has 39 heavy (non-hydrogen) atoms. The molecule has 4 aromatic rings. The Labute approximate surface area is 225 Å². The first kappa shape index (κ1) is 26.6. The standard InChI is InChI=1S/C28H29FN4O5S/c1-17-26-21(28(34)30-12-10-18-8-9-24(37-2)25(14-18)38-3)15-23(20-6-4-5-7-22(20)29)31-27(26)33(32-17)19-11-13-39(35,36)16-19/h4-9,14-15,19H,10-13,16H2,1-3H3,(H,30,34).